The minimum absolute atomic E-state index is 0. The highest BCUT2D eigenvalue weighted by Gasteiger charge is 2.22. The molecule has 1 aliphatic heterocycles. The Bertz CT molecular complexity index is 613. The van der Waals surface area contributed by atoms with Crippen LogP contribution in [0.25, 0.3) is 10.9 Å². The van der Waals surface area contributed by atoms with Gasteiger partial charge in [0.25, 0.3) is 5.91 Å². The molecule has 1 aromatic carbocycles. The second-order valence-electron chi connectivity index (χ2n) is 5.02. The molecule has 0 saturated carbocycles. The summed E-state index contributed by atoms with van der Waals surface area (Å²) in [5.74, 6) is 0.0117. The molecule has 0 unspecified atom stereocenters. The molecule has 21 heavy (non-hydrogen) atoms. The lowest BCUT2D eigenvalue weighted by Gasteiger charge is -2.29. The van der Waals surface area contributed by atoms with E-state index in [2.05, 4.69) is 4.98 Å². The lowest BCUT2D eigenvalue weighted by atomic mass is 10.1. The molecule has 1 fully saturated rings. The van der Waals surface area contributed by atoms with E-state index in [1.165, 1.54) is 0 Å². The van der Waals surface area contributed by atoms with Crippen LogP contribution in [0.4, 0.5) is 0 Å². The fourth-order valence-electron chi connectivity index (χ4n) is 2.45. The van der Waals surface area contributed by atoms with Crippen LogP contribution in [-0.4, -0.2) is 34.9 Å². The molecule has 3 rings (SSSR count). The molecule has 0 aliphatic carbocycles. The maximum atomic E-state index is 12.4. The maximum Gasteiger partial charge on any atom is 0.272 e. The van der Waals surface area contributed by atoms with E-state index in [9.17, 15) is 4.79 Å². The number of likely N-dealkylation sites (tertiary alicyclic amines) is 1. The first kappa shape index (κ1) is 17.7. The third-order valence-corrected chi connectivity index (χ3v) is 3.64. The number of carbonyl (C=O) groups is 1. The topological polar surface area (TPSA) is 59.2 Å². The highest BCUT2D eigenvalue weighted by molar-refractivity contribution is 5.95. The van der Waals surface area contributed by atoms with Crippen molar-refractivity contribution in [2.24, 2.45) is 5.73 Å². The zero-order chi connectivity index (χ0) is 13.2. The van der Waals surface area contributed by atoms with Crippen LogP contribution in [0.2, 0.25) is 0 Å². The number of amides is 1. The molecule has 0 atom stereocenters. The number of aromatic nitrogens is 1. The number of halogens is 2. The first-order valence-corrected chi connectivity index (χ1v) is 6.65. The molecule has 1 amide bonds. The van der Waals surface area contributed by atoms with E-state index in [4.69, 9.17) is 5.73 Å². The molecule has 1 aliphatic rings. The molecule has 1 aromatic heterocycles. The van der Waals surface area contributed by atoms with Crippen molar-refractivity contribution in [2.75, 3.05) is 13.1 Å². The smallest absolute Gasteiger partial charge is 0.272 e. The summed E-state index contributed by atoms with van der Waals surface area (Å²) in [6.07, 6.45) is 1.75. The Morgan fingerprint density at radius 2 is 1.76 bits per heavy atom. The number of nitrogens with two attached hydrogens (primary N) is 1. The number of hydrogen-bond acceptors (Lipinski definition) is 3. The van der Waals surface area contributed by atoms with Crippen molar-refractivity contribution in [1.82, 2.24) is 9.88 Å². The van der Waals surface area contributed by atoms with Crippen molar-refractivity contribution in [3.63, 3.8) is 0 Å². The van der Waals surface area contributed by atoms with Crippen LogP contribution in [0.15, 0.2) is 36.4 Å². The summed E-state index contributed by atoms with van der Waals surface area (Å²) in [5.41, 5.74) is 7.24. The van der Waals surface area contributed by atoms with Gasteiger partial charge in [0.2, 0.25) is 0 Å². The molecule has 2 heterocycles. The summed E-state index contributed by atoms with van der Waals surface area (Å²) in [7, 11) is 0. The van der Waals surface area contributed by atoms with Gasteiger partial charge in [-0.3, -0.25) is 4.79 Å². The van der Waals surface area contributed by atoms with Gasteiger partial charge in [-0.2, -0.15) is 0 Å². The van der Waals surface area contributed by atoms with Gasteiger partial charge < -0.3 is 10.6 Å². The molecular weight excluding hydrogens is 309 g/mol. The number of fused-ring (bicyclic) bond motifs is 1. The van der Waals surface area contributed by atoms with E-state index >= 15 is 0 Å². The van der Waals surface area contributed by atoms with Crippen molar-refractivity contribution in [3.05, 3.63) is 42.1 Å². The van der Waals surface area contributed by atoms with E-state index in [1.807, 2.05) is 35.2 Å². The van der Waals surface area contributed by atoms with Gasteiger partial charge in [-0.15, -0.1) is 24.8 Å². The summed E-state index contributed by atoms with van der Waals surface area (Å²) < 4.78 is 0. The third kappa shape index (κ3) is 3.84. The second-order valence-corrected chi connectivity index (χ2v) is 5.02. The lowest BCUT2D eigenvalue weighted by molar-refractivity contribution is 0.0709. The quantitative estimate of drug-likeness (QED) is 0.875. The van der Waals surface area contributed by atoms with Crippen molar-refractivity contribution < 1.29 is 4.79 Å². The Labute approximate surface area is 136 Å². The van der Waals surface area contributed by atoms with Crippen LogP contribution < -0.4 is 5.73 Å². The van der Waals surface area contributed by atoms with Gasteiger partial charge >= 0.3 is 0 Å². The van der Waals surface area contributed by atoms with E-state index < -0.39 is 0 Å². The summed E-state index contributed by atoms with van der Waals surface area (Å²) in [4.78, 5) is 18.7. The number of carbonyl (C=O) groups excluding carboxylic acids is 1. The SMILES string of the molecule is Cl.Cl.NC1CCN(C(=O)c2ccc3ccccc3n2)CC1. The largest absolute Gasteiger partial charge is 0.337 e. The van der Waals surface area contributed by atoms with Crippen molar-refractivity contribution in [2.45, 2.75) is 18.9 Å². The van der Waals surface area contributed by atoms with Crippen LogP contribution in [0.5, 0.6) is 0 Å². The molecule has 0 radical (unpaired) electrons. The van der Waals surface area contributed by atoms with Crippen LogP contribution >= 0.6 is 24.8 Å². The Hall–Kier alpha value is -1.36. The number of pyridine rings is 1. The molecule has 114 valence electrons. The van der Waals surface area contributed by atoms with Gasteiger partial charge in [-0.05, 0) is 25.0 Å². The number of piperidine rings is 1. The van der Waals surface area contributed by atoms with Gasteiger partial charge in [-0.1, -0.05) is 24.3 Å². The van der Waals surface area contributed by atoms with E-state index in [0.29, 0.717) is 5.69 Å². The van der Waals surface area contributed by atoms with Gasteiger partial charge in [0.05, 0.1) is 5.52 Å². The average Bonchev–Trinajstić information content (AvgIpc) is 2.47. The number of nitrogens with zero attached hydrogens (tertiary/aromatic N) is 2. The second kappa shape index (κ2) is 7.59. The fraction of sp³-hybridized carbons (Fsp3) is 0.333. The molecule has 4 nitrogen and oxygen atoms in total. The highest BCUT2D eigenvalue weighted by Crippen LogP contribution is 2.15. The zero-order valence-corrected chi connectivity index (χ0v) is 13.2. The fourth-order valence-corrected chi connectivity index (χ4v) is 2.45. The van der Waals surface area contributed by atoms with Crippen LogP contribution in [0.1, 0.15) is 23.3 Å². The lowest BCUT2D eigenvalue weighted by Crippen LogP contribution is -2.43. The summed E-state index contributed by atoms with van der Waals surface area (Å²) in [6, 6.07) is 11.8. The average molecular weight is 328 g/mol. The van der Waals surface area contributed by atoms with Crippen molar-refractivity contribution in [1.29, 1.82) is 0 Å². The number of para-hydroxylation sites is 1. The molecule has 6 heteroatoms. The Balaban J connectivity index is 0.00000110. The van der Waals surface area contributed by atoms with E-state index in [-0.39, 0.29) is 36.8 Å². The van der Waals surface area contributed by atoms with Gasteiger partial charge in [-0.25, -0.2) is 4.98 Å². The normalized spacial score (nSPS) is 15.2. The molecule has 1 saturated heterocycles. The molecule has 0 bridgehead atoms. The standard InChI is InChI=1S/C15H17N3O.2ClH/c16-12-7-9-18(10-8-12)15(19)14-6-5-11-3-1-2-4-13(11)17-14;;/h1-6,12H,7-10,16H2;2*1H. The summed E-state index contributed by atoms with van der Waals surface area (Å²) >= 11 is 0. The van der Waals surface area contributed by atoms with Crippen LogP contribution in [-0.2, 0) is 0 Å². The number of hydrogen-bond donors (Lipinski definition) is 1. The van der Waals surface area contributed by atoms with Crippen molar-refractivity contribution in [3.8, 4) is 0 Å². The Morgan fingerprint density at radius 3 is 2.48 bits per heavy atom. The van der Waals surface area contributed by atoms with E-state index in [1.54, 1.807) is 6.07 Å². The summed E-state index contributed by atoms with van der Waals surface area (Å²) in [6.45, 7) is 1.46. The van der Waals surface area contributed by atoms with E-state index in [0.717, 1.165) is 36.8 Å². The van der Waals surface area contributed by atoms with Crippen LogP contribution in [0.3, 0.4) is 0 Å². The molecular formula is C15H19Cl2N3O. The molecule has 2 N–H and O–H groups in total. The first-order chi connectivity index (χ1) is 9.24. The molecule has 2 aromatic rings. The van der Waals surface area contributed by atoms with Gasteiger partial charge in [0, 0.05) is 24.5 Å². The summed E-state index contributed by atoms with van der Waals surface area (Å²) in [5, 5.41) is 1.06. The Morgan fingerprint density at radius 1 is 1.10 bits per heavy atom. The minimum atomic E-state index is 0. The molecule has 0 spiro atoms. The maximum absolute atomic E-state index is 12.4. The Kier molecular flexibility index (Phi) is 6.40. The van der Waals surface area contributed by atoms with Gasteiger partial charge in [0.15, 0.2) is 0 Å². The van der Waals surface area contributed by atoms with Crippen LogP contribution in [0, 0.1) is 0 Å². The minimum Gasteiger partial charge on any atom is -0.337 e. The van der Waals surface area contributed by atoms with Crippen molar-refractivity contribution >= 4 is 41.6 Å². The number of benzene rings is 1. The zero-order valence-electron chi connectivity index (χ0n) is 11.6. The van der Waals surface area contributed by atoms with Gasteiger partial charge in [0.1, 0.15) is 5.69 Å². The monoisotopic (exact) mass is 327 g/mol. The first-order valence-electron chi connectivity index (χ1n) is 6.65. The third-order valence-electron chi connectivity index (χ3n) is 3.64. The predicted molar refractivity (Wildman–Crippen MR) is 89.4 cm³/mol. The number of rotatable bonds is 1. The predicted octanol–water partition coefficient (Wildman–Crippen LogP) is 2.64. The highest BCUT2D eigenvalue weighted by atomic mass is 35.5.